The van der Waals surface area contributed by atoms with Crippen LogP contribution in [0.5, 0.6) is 0 Å². The second-order valence-electron chi connectivity index (χ2n) is 8.27. The van der Waals surface area contributed by atoms with E-state index in [-0.39, 0.29) is 5.41 Å². The van der Waals surface area contributed by atoms with Gasteiger partial charge >= 0.3 is 0 Å². The maximum absolute atomic E-state index is 2.50. The first-order valence-corrected chi connectivity index (χ1v) is 10.6. The topological polar surface area (TPSA) is 0 Å². The standard InChI is InChI=1S/C25H23I/c1-25(2)23-6-4-3-5-21(23)22-12-10-19(15-24(22)25)16-7-8-18-14-20(26)11-9-17(18)13-16/h3-7,10,12-15,18H,8-9,11H2,1-2H3. The van der Waals surface area contributed by atoms with Crippen molar-refractivity contribution in [3.8, 4) is 11.1 Å². The largest absolute Gasteiger partial charge is 0.0758 e. The first-order chi connectivity index (χ1) is 12.5. The lowest BCUT2D eigenvalue weighted by Crippen LogP contribution is -2.15. The smallest absolute Gasteiger partial charge is 0.0159 e. The van der Waals surface area contributed by atoms with E-state index in [9.17, 15) is 0 Å². The Balaban J connectivity index is 1.56. The lowest BCUT2D eigenvalue weighted by Gasteiger charge is -2.26. The molecule has 2 aromatic rings. The van der Waals surface area contributed by atoms with E-state index >= 15 is 0 Å². The van der Waals surface area contributed by atoms with Crippen LogP contribution in [0.3, 0.4) is 0 Å². The summed E-state index contributed by atoms with van der Waals surface area (Å²) in [5.41, 5.74) is 10.2. The van der Waals surface area contributed by atoms with Crippen LogP contribution in [0.1, 0.15) is 49.8 Å². The van der Waals surface area contributed by atoms with Crippen molar-refractivity contribution in [2.45, 2.75) is 38.5 Å². The summed E-state index contributed by atoms with van der Waals surface area (Å²) in [7, 11) is 0. The van der Waals surface area contributed by atoms with Crippen LogP contribution in [-0.2, 0) is 5.41 Å². The van der Waals surface area contributed by atoms with E-state index in [1.807, 2.05) is 0 Å². The zero-order valence-electron chi connectivity index (χ0n) is 15.4. The van der Waals surface area contributed by atoms with E-state index in [1.165, 1.54) is 49.8 Å². The molecule has 0 heterocycles. The quantitative estimate of drug-likeness (QED) is 0.396. The summed E-state index contributed by atoms with van der Waals surface area (Å²) in [6, 6.07) is 16.0. The van der Waals surface area contributed by atoms with E-state index in [0.29, 0.717) is 5.92 Å². The van der Waals surface area contributed by atoms with E-state index in [0.717, 1.165) is 6.42 Å². The summed E-state index contributed by atoms with van der Waals surface area (Å²) >= 11 is 2.50. The minimum absolute atomic E-state index is 0.0799. The third-order valence-corrected chi connectivity index (χ3v) is 7.26. The molecule has 0 aromatic heterocycles. The number of hydrogen-bond acceptors (Lipinski definition) is 0. The molecule has 0 saturated heterocycles. The Morgan fingerprint density at radius 3 is 2.65 bits per heavy atom. The molecule has 0 nitrogen and oxygen atoms in total. The fourth-order valence-electron chi connectivity index (χ4n) is 4.85. The summed E-state index contributed by atoms with van der Waals surface area (Å²) in [6.07, 6.45) is 10.9. The van der Waals surface area contributed by atoms with Crippen molar-refractivity contribution in [1.82, 2.24) is 0 Å². The average molecular weight is 450 g/mol. The molecule has 1 heteroatoms. The lowest BCUT2D eigenvalue weighted by atomic mass is 9.79. The molecule has 130 valence electrons. The summed E-state index contributed by atoms with van der Waals surface area (Å²) in [4.78, 5) is 0. The number of fused-ring (bicyclic) bond motifs is 4. The Hall–Kier alpha value is -1.61. The summed E-state index contributed by atoms with van der Waals surface area (Å²) < 4.78 is 1.53. The first kappa shape index (κ1) is 16.6. The average Bonchev–Trinajstić information content (AvgIpc) is 2.89. The van der Waals surface area contributed by atoms with E-state index in [4.69, 9.17) is 0 Å². The van der Waals surface area contributed by atoms with Crippen molar-refractivity contribution in [3.05, 3.63) is 86.5 Å². The van der Waals surface area contributed by atoms with Crippen LogP contribution in [0.15, 0.2) is 69.8 Å². The van der Waals surface area contributed by atoms with Crippen LogP contribution in [0.2, 0.25) is 0 Å². The molecule has 3 aliphatic carbocycles. The van der Waals surface area contributed by atoms with Gasteiger partial charge < -0.3 is 0 Å². The summed E-state index contributed by atoms with van der Waals surface area (Å²) in [6.45, 7) is 4.72. The second-order valence-corrected chi connectivity index (χ2v) is 9.65. The molecule has 1 atom stereocenters. The van der Waals surface area contributed by atoms with Crippen LogP contribution in [0.25, 0.3) is 16.7 Å². The maximum Gasteiger partial charge on any atom is 0.0159 e. The van der Waals surface area contributed by atoms with Gasteiger partial charge in [0.15, 0.2) is 0 Å². The summed E-state index contributed by atoms with van der Waals surface area (Å²) in [5.74, 6) is 0.634. The van der Waals surface area contributed by atoms with E-state index in [2.05, 4.69) is 97.1 Å². The predicted molar refractivity (Wildman–Crippen MR) is 120 cm³/mol. The molecule has 3 aliphatic rings. The fourth-order valence-corrected chi connectivity index (χ4v) is 5.56. The van der Waals surface area contributed by atoms with Crippen molar-refractivity contribution < 1.29 is 0 Å². The molecular formula is C25H23I. The molecule has 0 bridgehead atoms. The summed E-state index contributed by atoms with van der Waals surface area (Å²) in [5, 5.41) is 0. The molecule has 0 amide bonds. The molecule has 0 fully saturated rings. The van der Waals surface area contributed by atoms with Gasteiger partial charge in [0.1, 0.15) is 0 Å². The molecule has 0 aliphatic heterocycles. The zero-order chi connectivity index (χ0) is 17.9. The van der Waals surface area contributed by atoms with Gasteiger partial charge in [-0.15, -0.1) is 0 Å². The van der Waals surface area contributed by atoms with Crippen molar-refractivity contribution in [2.75, 3.05) is 0 Å². The molecule has 0 N–H and O–H groups in total. The highest BCUT2D eigenvalue weighted by Gasteiger charge is 2.35. The van der Waals surface area contributed by atoms with Crippen molar-refractivity contribution in [2.24, 2.45) is 5.92 Å². The number of benzene rings is 2. The van der Waals surface area contributed by atoms with Gasteiger partial charge in [-0.25, -0.2) is 0 Å². The van der Waals surface area contributed by atoms with Gasteiger partial charge in [0.25, 0.3) is 0 Å². The van der Waals surface area contributed by atoms with Gasteiger partial charge in [-0.05, 0) is 84.9 Å². The van der Waals surface area contributed by atoms with Gasteiger partial charge in [-0.1, -0.05) is 74.0 Å². The molecule has 26 heavy (non-hydrogen) atoms. The van der Waals surface area contributed by atoms with Crippen molar-refractivity contribution in [1.29, 1.82) is 0 Å². The number of halogens is 1. The predicted octanol–water partition coefficient (Wildman–Crippen LogP) is 7.44. The zero-order valence-corrected chi connectivity index (χ0v) is 17.5. The number of rotatable bonds is 1. The van der Waals surface area contributed by atoms with Gasteiger partial charge in [0.05, 0.1) is 0 Å². The Kier molecular flexibility index (Phi) is 3.79. The first-order valence-electron chi connectivity index (χ1n) is 9.55. The Bertz CT molecular complexity index is 1000. The minimum atomic E-state index is 0.0799. The lowest BCUT2D eigenvalue weighted by molar-refractivity contribution is 0.660. The molecule has 1 unspecified atom stereocenters. The Morgan fingerprint density at radius 2 is 1.77 bits per heavy atom. The van der Waals surface area contributed by atoms with Crippen LogP contribution < -0.4 is 0 Å². The SMILES string of the molecule is CC1(C)c2ccccc2-c2ccc(C3=CCC4C=C(I)CCC4=C3)cc21. The molecule has 0 spiro atoms. The highest BCUT2D eigenvalue weighted by molar-refractivity contribution is 14.1. The molecule has 2 aromatic carbocycles. The highest BCUT2D eigenvalue weighted by atomic mass is 127. The van der Waals surface area contributed by atoms with Crippen LogP contribution in [-0.4, -0.2) is 0 Å². The van der Waals surface area contributed by atoms with Gasteiger partial charge in [0.2, 0.25) is 0 Å². The van der Waals surface area contributed by atoms with Crippen LogP contribution in [0, 0.1) is 5.92 Å². The molecule has 5 rings (SSSR count). The van der Waals surface area contributed by atoms with E-state index < -0.39 is 0 Å². The minimum Gasteiger partial charge on any atom is -0.0758 e. The van der Waals surface area contributed by atoms with Gasteiger partial charge in [0, 0.05) is 11.3 Å². The molecular weight excluding hydrogens is 427 g/mol. The third-order valence-electron chi connectivity index (χ3n) is 6.36. The number of hydrogen-bond donors (Lipinski definition) is 0. The normalized spacial score (nSPS) is 22.6. The van der Waals surface area contributed by atoms with Crippen molar-refractivity contribution >= 4 is 28.2 Å². The van der Waals surface area contributed by atoms with Crippen LogP contribution in [0.4, 0.5) is 0 Å². The highest BCUT2D eigenvalue weighted by Crippen LogP contribution is 2.49. The van der Waals surface area contributed by atoms with Gasteiger partial charge in [-0.3, -0.25) is 0 Å². The Morgan fingerprint density at radius 1 is 0.962 bits per heavy atom. The van der Waals surface area contributed by atoms with E-state index in [1.54, 1.807) is 5.57 Å². The number of allylic oxidation sites excluding steroid dienone is 6. The fraction of sp³-hybridized carbons (Fsp3) is 0.280. The third kappa shape index (κ3) is 2.47. The van der Waals surface area contributed by atoms with Gasteiger partial charge in [-0.2, -0.15) is 0 Å². The second kappa shape index (κ2) is 5.95. The molecule has 0 saturated carbocycles. The maximum atomic E-state index is 2.50. The van der Waals surface area contributed by atoms with Crippen LogP contribution >= 0.6 is 22.6 Å². The molecule has 0 radical (unpaired) electrons. The Labute approximate surface area is 169 Å². The van der Waals surface area contributed by atoms with Crippen molar-refractivity contribution in [3.63, 3.8) is 0 Å². The monoisotopic (exact) mass is 450 g/mol.